The molecule has 0 aromatic carbocycles. The van der Waals surface area contributed by atoms with E-state index < -0.39 is 0 Å². The predicted molar refractivity (Wildman–Crippen MR) is 82.5 cm³/mol. The van der Waals surface area contributed by atoms with E-state index in [1.807, 2.05) is 16.8 Å². The summed E-state index contributed by atoms with van der Waals surface area (Å²) in [6.07, 6.45) is 3.05. The number of aromatic nitrogens is 4. The Balaban J connectivity index is 1.49. The summed E-state index contributed by atoms with van der Waals surface area (Å²) in [4.78, 5) is 20.4. The van der Waals surface area contributed by atoms with E-state index in [9.17, 15) is 4.79 Å². The number of thiophene rings is 1. The lowest BCUT2D eigenvalue weighted by molar-refractivity contribution is 0.0949. The van der Waals surface area contributed by atoms with Gasteiger partial charge in [-0.3, -0.25) is 9.89 Å². The average molecular weight is 319 g/mol. The van der Waals surface area contributed by atoms with Crippen LogP contribution in [0.4, 0.5) is 0 Å². The van der Waals surface area contributed by atoms with Crippen molar-refractivity contribution in [3.63, 3.8) is 0 Å². The summed E-state index contributed by atoms with van der Waals surface area (Å²) in [5.74, 6) is 0.697. The van der Waals surface area contributed by atoms with E-state index >= 15 is 0 Å². The molecule has 0 aliphatic rings. The second kappa shape index (κ2) is 6.59. The molecule has 6 nitrogen and oxygen atoms in total. The minimum Gasteiger partial charge on any atom is -0.351 e. The number of hydrogen-bond acceptors (Lipinski definition) is 6. The lowest BCUT2D eigenvalue weighted by Crippen LogP contribution is -2.25. The number of amides is 1. The predicted octanol–water partition coefficient (Wildman–Crippen LogP) is 2.35. The first kappa shape index (κ1) is 13.9. The van der Waals surface area contributed by atoms with Gasteiger partial charge >= 0.3 is 0 Å². The van der Waals surface area contributed by atoms with Crippen molar-refractivity contribution in [3.05, 3.63) is 40.1 Å². The van der Waals surface area contributed by atoms with Crippen molar-refractivity contribution in [2.45, 2.75) is 12.8 Å². The van der Waals surface area contributed by atoms with Crippen LogP contribution < -0.4 is 5.32 Å². The summed E-state index contributed by atoms with van der Waals surface area (Å²) in [5.41, 5.74) is 1.54. The molecule has 1 amide bonds. The van der Waals surface area contributed by atoms with Crippen LogP contribution in [0, 0.1) is 0 Å². The van der Waals surface area contributed by atoms with E-state index in [2.05, 4.69) is 25.5 Å². The number of nitrogens with zero attached hydrogens (tertiary/aromatic N) is 3. The highest BCUT2D eigenvalue weighted by Crippen LogP contribution is 2.25. The minimum absolute atomic E-state index is 0.134. The van der Waals surface area contributed by atoms with E-state index in [-0.39, 0.29) is 5.91 Å². The molecule has 0 aliphatic heterocycles. The zero-order valence-corrected chi connectivity index (χ0v) is 12.7. The van der Waals surface area contributed by atoms with Crippen LogP contribution in [0.25, 0.3) is 10.6 Å². The summed E-state index contributed by atoms with van der Waals surface area (Å²) in [7, 11) is 0. The van der Waals surface area contributed by atoms with Crippen molar-refractivity contribution < 1.29 is 4.79 Å². The molecule has 0 atom stereocenters. The molecule has 3 aromatic heterocycles. The van der Waals surface area contributed by atoms with Gasteiger partial charge in [0.15, 0.2) is 0 Å². The third-order valence-electron chi connectivity index (χ3n) is 2.85. The molecule has 0 saturated heterocycles. The maximum absolute atomic E-state index is 12.0. The minimum atomic E-state index is -0.134. The number of H-pyrrole nitrogens is 1. The fourth-order valence-corrected chi connectivity index (χ4v) is 3.31. The summed E-state index contributed by atoms with van der Waals surface area (Å²) in [6.45, 7) is 0.588. The van der Waals surface area contributed by atoms with Crippen LogP contribution in [0.15, 0.2) is 28.5 Å². The Labute approximate surface area is 129 Å². The molecule has 3 heterocycles. The third-order valence-corrected chi connectivity index (χ3v) is 4.42. The standard InChI is InChI=1S/C13H13N5OS2/c19-12(14-4-1-2-11-15-8-16-18-11)10-7-21-13(17-10)9-3-5-20-6-9/h3,5-8H,1-2,4H2,(H,14,19)(H,15,16,18). The van der Waals surface area contributed by atoms with Crippen molar-refractivity contribution in [1.29, 1.82) is 0 Å². The molecular formula is C13H13N5OS2. The van der Waals surface area contributed by atoms with Gasteiger partial charge in [0, 0.05) is 29.3 Å². The number of nitrogens with one attached hydrogen (secondary N) is 2. The molecule has 3 aromatic rings. The average Bonchev–Trinajstić information content (AvgIpc) is 3.25. The maximum Gasteiger partial charge on any atom is 0.270 e. The molecule has 0 aliphatic carbocycles. The maximum atomic E-state index is 12.0. The summed E-state index contributed by atoms with van der Waals surface area (Å²) in [5, 5.41) is 16.1. The lowest BCUT2D eigenvalue weighted by Gasteiger charge is -2.01. The van der Waals surface area contributed by atoms with Gasteiger partial charge in [-0.05, 0) is 17.9 Å². The molecule has 0 spiro atoms. The van der Waals surface area contributed by atoms with Crippen molar-refractivity contribution in [3.8, 4) is 10.6 Å². The molecule has 21 heavy (non-hydrogen) atoms. The molecule has 108 valence electrons. The van der Waals surface area contributed by atoms with Gasteiger partial charge in [-0.15, -0.1) is 11.3 Å². The summed E-state index contributed by atoms with van der Waals surface area (Å²) < 4.78 is 0. The molecule has 3 rings (SSSR count). The first-order valence-corrected chi connectivity index (χ1v) is 8.26. The largest absolute Gasteiger partial charge is 0.351 e. The quantitative estimate of drug-likeness (QED) is 0.683. The zero-order valence-electron chi connectivity index (χ0n) is 11.1. The Kier molecular flexibility index (Phi) is 4.37. The normalized spacial score (nSPS) is 10.7. The van der Waals surface area contributed by atoms with Crippen molar-refractivity contribution in [2.75, 3.05) is 6.54 Å². The van der Waals surface area contributed by atoms with Crippen LogP contribution in [-0.4, -0.2) is 32.6 Å². The number of carbonyl (C=O) groups is 1. The first-order valence-electron chi connectivity index (χ1n) is 6.43. The van der Waals surface area contributed by atoms with E-state index in [0.717, 1.165) is 29.2 Å². The number of aromatic amines is 1. The second-order valence-electron chi connectivity index (χ2n) is 4.34. The molecule has 2 N–H and O–H groups in total. The van der Waals surface area contributed by atoms with Gasteiger partial charge in [0.05, 0.1) is 0 Å². The highest BCUT2D eigenvalue weighted by molar-refractivity contribution is 7.14. The molecule has 0 unspecified atom stereocenters. The Morgan fingerprint density at radius 1 is 1.38 bits per heavy atom. The van der Waals surface area contributed by atoms with E-state index in [1.54, 1.807) is 16.7 Å². The molecule has 8 heteroatoms. The van der Waals surface area contributed by atoms with Gasteiger partial charge in [0.1, 0.15) is 22.9 Å². The van der Waals surface area contributed by atoms with Crippen molar-refractivity contribution in [2.24, 2.45) is 0 Å². The van der Waals surface area contributed by atoms with E-state index in [4.69, 9.17) is 0 Å². The number of carbonyl (C=O) groups excluding carboxylic acids is 1. The molecule has 0 radical (unpaired) electrons. The molecular weight excluding hydrogens is 306 g/mol. The fourth-order valence-electron chi connectivity index (χ4n) is 1.80. The van der Waals surface area contributed by atoms with Gasteiger partial charge in [0.2, 0.25) is 0 Å². The highest BCUT2D eigenvalue weighted by Gasteiger charge is 2.11. The van der Waals surface area contributed by atoms with Gasteiger partial charge < -0.3 is 5.32 Å². The van der Waals surface area contributed by atoms with Gasteiger partial charge in [0.25, 0.3) is 5.91 Å². The summed E-state index contributed by atoms with van der Waals surface area (Å²) >= 11 is 3.10. The van der Waals surface area contributed by atoms with Crippen LogP contribution in [-0.2, 0) is 6.42 Å². The lowest BCUT2D eigenvalue weighted by atomic mass is 10.3. The molecule has 0 bridgehead atoms. The smallest absolute Gasteiger partial charge is 0.270 e. The topological polar surface area (TPSA) is 83.6 Å². The SMILES string of the molecule is O=C(NCCCc1ncn[nH]1)c1csc(-c2ccsc2)n1. The highest BCUT2D eigenvalue weighted by atomic mass is 32.1. The Morgan fingerprint density at radius 3 is 3.10 bits per heavy atom. The van der Waals surface area contributed by atoms with E-state index in [0.29, 0.717) is 12.2 Å². The first-order chi connectivity index (χ1) is 10.3. The number of aryl methyl sites for hydroxylation is 1. The number of hydrogen-bond donors (Lipinski definition) is 2. The summed E-state index contributed by atoms with van der Waals surface area (Å²) in [6, 6.07) is 2.00. The van der Waals surface area contributed by atoms with Gasteiger partial charge in [-0.1, -0.05) is 0 Å². The Morgan fingerprint density at radius 2 is 2.33 bits per heavy atom. The third kappa shape index (κ3) is 3.53. The van der Waals surface area contributed by atoms with Gasteiger partial charge in [-0.25, -0.2) is 9.97 Å². The van der Waals surface area contributed by atoms with Crippen LogP contribution in [0.1, 0.15) is 22.7 Å². The number of rotatable bonds is 6. The van der Waals surface area contributed by atoms with Crippen molar-refractivity contribution in [1.82, 2.24) is 25.5 Å². The zero-order chi connectivity index (χ0) is 14.5. The fraction of sp³-hybridized carbons (Fsp3) is 0.231. The van der Waals surface area contributed by atoms with Crippen molar-refractivity contribution >= 4 is 28.6 Å². The van der Waals surface area contributed by atoms with Crippen LogP contribution in [0.3, 0.4) is 0 Å². The van der Waals surface area contributed by atoms with Crippen LogP contribution in [0.2, 0.25) is 0 Å². The van der Waals surface area contributed by atoms with E-state index in [1.165, 1.54) is 17.7 Å². The monoisotopic (exact) mass is 319 g/mol. The second-order valence-corrected chi connectivity index (χ2v) is 5.98. The Hall–Kier alpha value is -2.06. The Bertz CT molecular complexity index is 690. The molecule has 0 fully saturated rings. The van der Waals surface area contributed by atoms with Gasteiger partial charge in [-0.2, -0.15) is 16.4 Å². The van der Waals surface area contributed by atoms with Crippen LogP contribution in [0.5, 0.6) is 0 Å². The number of thiazole rings is 1. The molecule has 0 saturated carbocycles. The van der Waals surface area contributed by atoms with Crippen LogP contribution >= 0.6 is 22.7 Å².